The summed E-state index contributed by atoms with van der Waals surface area (Å²) in [6.07, 6.45) is 1.88. The van der Waals surface area contributed by atoms with E-state index in [9.17, 15) is 0 Å². The maximum absolute atomic E-state index is 8.98. The molecule has 0 bridgehead atoms. The topological polar surface area (TPSA) is 63.0 Å². The number of hydrogen-bond donors (Lipinski definition) is 2. The Morgan fingerprint density at radius 3 is 2.83 bits per heavy atom. The third-order valence-corrected chi connectivity index (χ3v) is 4.83. The molecule has 6 heteroatoms. The Bertz CT molecular complexity index is 793. The number of hydrogen-bond acceptors (Lipinski definition) is 5. The monoisotopic (exact) mass is 328 g/mol. The van der Waals surface area contributed by atoms with Gasteiger partial charge in [-0.05, 0) is 31.0 Å². The molecule has 5 nitrogen and oxygen atoms in total. The van der Waals surface area contributed by atoms with Crippen LogP contribution in [0.15, 0.2) is 36.5 Å². The zero-order valence-electron chi connectivity index (χ0n) is 13.3. The van der Waals surface area contributed by atoms with Gasteiger partial charge in [0.2, 0.25) is 0 Å². The molecule has 0 amide bonds. The van der Waals surface area contributed by atoms with E-state index in [4.69, 9.17) is 5.11 Å². The second-order valence-electron chi connectivity index (χ2n) is 5.40. The largest absolute Gasteiger partial charge is 0.394 e. The SMILES string of the molecule is Cc1ccccc1CNc1nc(C)c(-c2ccn(CCO)n2)s1. The average molecular weight is 328 g/mol. The lowest BCUT2D eigenvalue weighted by Gasteiger charge is -2.05. The predicted molar refractivity (Wildman–Crippen MR) is 93.7 cm³/mol. The van der Waals surface area contributed by atoms with Crippen LogP contribution in [0.3, 0.4) is 0 Å². The molecule has 23 heavy (non-hydrogen) atoms. The lowest BCUT2D eigenvalue weighted by Crippen LogP contribution is -2.02. The maximum atomic E-state index is 8.98. The van der Waals surface area contributed by atoms with E-state index in [1.54, 1.807) is 16.0 Å². The normalized spacial score (nSPS) is 10.9. The highest BCUT2D eigenvalue weighted by Crippen LogP contribution is 2.31. The summed E-state index contributed by atoms with van der Waals surface area (Å²) in [6, 6.07) is 10.3. The number of aryl methyl sites for hydroxylation is 2. The third kappa shape index (κ3) is 3.60. The first-order chi connectivity index (χ1) is 11.2. The zero-order valence-corrected chi connectivity index (χ0v) is 14.1. The van der Waals surface area contributed by atoms with Crippen molar-refractivity contribution < 1.29 is 5.11 Å². The van der Waals surface area contributed by atoms with Crippen molar-refractivity contribution in [1.29, 1.82) is 0 Å². The number of aliphatic hydroxyl groups is 1. The fraction of sp³-hybridized carbons (Fsp3) is 0.294. The van der Waals surface area contributed by atoms with Crippen molar-refractivity contribution in [3.63, 3.8) is 0 Å². The molecule has 3 aromatic rings. The van der Waals surface area contributed by atoms with Crippen molar-refractivity contribution in [3.05, 3.63) is 53.3 Å². The Morgan fingerprint density at radius 1 is 1.22 bits per heavy atom. The zero-order chi connectivity index (χ0) is 16.2. The first-order valence-corrected chi connectivity index (χ1v) is 8.39. The number of nitrogens with one attached hydrogen (secondary N) is 1. The predicted octanol–water partition coefficient (Wildman–Crippen LogP) is 3.23. The number of rotatable bonds is 6. The molecule has 2 N–H and O–H groups in total. The number of thiazole rings is 1. The van der Waals surface area contributed by atoms with Crippen LogP contribution < -0.4 is 5.32 Å². The summed E-state index contributed by atoms with van der Waals surface area (Å²) in [4.78, 5) is 5.66. The highest BCUT2D eigenvalue weighted by atomic mass is 32.1. The van der Waals surface area contributed by atoms with E-state index in [0.29, 0.717) is 6.54 Å². The summed E-state index contributed by atoms with van der Waals surface area (Å²) < 4.78 is 1.74. The summed E-state index contributed by atoms with van der Waals surface area (Å²) in [7, 11) is 0. The van der Waals surface area contributed by atoms with Crippen LogP contribution in [0.2, 0.25) is 0 Å². The van der Waals surface area contributed by atoms with E-state index in [1.165, 1.54) is 11.1 Å². The number of benzene rings is 1. The lowest BCUT2D eigenvalue weighted by molar-refractivity contribution is 0.269. The number of aliphatic hydroxyl groups excluding tert-OH is 1. The van der Waals surface area contributed by atoms with Gasteiger partial charge in [-0.15, -0.1) is 0 Å². The van der Waals surface area contributed by atoms with Crippen molar-refractivity contribution in [2.75, 3.05) is 11.9 Å². The Balaban J connectivity index is 1.74. The minimum absolute atomic E-state index is 0.0893. The summed E-state index contributed by atoms with van der Waals surface area (Å²) in [5.41, 5.74) is 4.42. The number of aromatic nitrogens is 3. The van der Waals surface area contributed by atoms with Gasteiger partial charge in [0.15, 0.2) is 5.13 Å². The van der Waals surface area contributed by atoms with E-state index in [1.807, 2.05) is 25.3 Å². The van der Waals surface area contributed by atoms with Crippen molar-refractivity contribution >= 4 is 16.5 Å². The fourth-order valence-electron chi connectivity index (χ4n) is 2.40. The van der Waals surface area contributed by atoms with E-state index < -0.39 is 0 Å². The Morgan fingerprint density at radius 2 is 2.04 bits per heavy atom. The van der Waals surface area contributed by atoms with Gasteiger partial charge in [-0.1, -0.05) is 35.6 Å². The molecule has 2 aromatic heterocycles. The van der Waals surface area contributed by atoms with Gasteiger partial charge in [-0.2, -0.15) is 5.10 Å². The molecular formula is C17H20N4OS. The molecule has 0 aliphatic rings. The molecule has 3 rings (SSSR count). The fourth-order valence-corrected chi connectivity index (χ4v) is 3.33. The lowest BCUT2D eigenvalue weighted by atomic mass is 10.1. The average Bonchev–Trinajstić information content (AvgIpc) is 3.13. The van der Waals surface area contributed by atoms with E-state index in [2.05, 4.69) is 40.5 Å². The highest BCUT2D eigenvalue weighted by Gasteiger charge is 2.12. The smallest absolute Gasteiger partial charge is 0.183 e. The van der Waals surface area contributed by atoms with E-state index in [0.717, 1.165) is 27.9 Å². The van der Waals surface area contributed by atoms with Crippen LogP contribution >= 0.6 is 11.3 Å². The third-order valence-electron chi connectivity index (χ3n) is 3.69. The van der Waals surface area contributed by atoms with Crippen LogP contribution in [0.4, 0.5) is 5.13 Å². The van der Waals surface area contributed by atoms with Crippen LogP contribution in [0.5, 0.6) is 0 Å². The molecule has 0 aliphatic carbocycles. The van der Waals surface area contributed by atoms with Crippen LogP contribution in [0, 0.1) is 13.8 Å². The van der Waals surface area contributed by atoms with Gasteiger partial charge in [0.1, 0.15) is 5.69 Å². The molecule has 0 fully saturated rings. The van der Waals surface area contributed by atoms with Gasteiger partial charge in [0.25, 0.3) is 0 Å². The van der Waals surface area contributed by atoms with E-state index >= 15 is 0 Å². The summed E-state index contributed by atoms with van der Waals surface area (Å²) in [5, 5.41) is 17.8. The molecule has 0 saturated carbocycles. The highest BCUT2D eigenvalue weighted by molar-refractivity contribution is 7.19. The standard InChI is InChI=1S/C17H20N4OS/c1-12-5-3-4-6-14(12)11-18-17-19-13(2)16(23-17)15-7-8-21(20-15)9-10-22/h3-8,22H,9-11H2,1-2H3,(H,18,19). The first-order valence-electron chi connectivity index (χ1n) is 7.58. The minimum atomic E-state index is 0.0893. The molecule has 120 valence electrons. The number of anilines is 1. The molecular weight excluding hydrogens is 308 g/mol. The Hall–Kier alpha value is -2.18. The molecule has 0 spiro atoms. The Kier molecular flexibility index (Phi) is 4.73. The van der Waals surface area contributed by atoms with Gasteiger partial charge >= 0.3 is 0 Å². The van der Waals surface area contributed by atoms with Crippen molar-refractivity contribution in [3.8, 4) is 10.6 Å². The van der Waals surface area contributed by atoms with E-state index in [-0.39, 0.29) is 6.61 Å². The van der Waals surface area contributed by atoms with Crippen LogP contribution in [0.25, 0.3) is 10.6 Å². The summed E-state index contributed by atoms with van der Waals surface area (Å²) >= 11 is 1.61. The molecule has 2 heterocycles. The van der Waals surface area contributed by atoms with Crippen molar-refractivity contribution in [1.82, 2.24) is 14.8 Å². The van der Waals surface area contributed by atoms with Crippen molar-refractivity contribution in [2.45, 2.75) is 26.9 Å². The van der Waals surface area contributed by atoms with Crippen LogP contribution in [0.1, 0.15) is 16.8 Å². The molecule has 0 atom stereocenters. The van der Waals surface area contributed by atoms with Gasteiger partial charge in [0.05, 0.1) is 23.7 Å². The van der Waals surface area contributed by atoms with Crippen LogP contribution in [-0.2, 0) is 13.1 Å². The van der Waals surface area contributed by atoms with Crippen molar-refractivity contribution in [2.24, 2.45) is 0 Å². The molecule has 1 aromatic carbocycles. The number of nitrogens with zero attached hydrogens (tertiary/aromatic N) is 3. The first kappa shape index (κ1) is 15.7. The van der Waals surface area contributed by atoms with Gasteiger partial charge in [-0.25, -0.2) is 4.98 Å². The van der Waals surface area contributed by atoms with Crippen LogP contribution in [-0.4, -0.2) is 26.5 Å². The Labute approximate surface area is 139 Å². The van der Waals surface area contributed by atoms with Gasteiger partial charge in [0, 0.05) is 12.7 Å². The second kappa shape index (κ2) is 6.93. The summed E-state index contributed by atoms with van der Waals surface area (Å²) in [6.45, 7) is 5.47. The minimum Gasteiger partial charge on any atom is -0.394 e. The van der Waals surface area contributed by atoms with Gasteiger partial charge in [-0.3, -0.25) is 4.68 Å². The quantitative estimate of drug-likeness (QED) is 0.729. The summed E-state index contributed by atoms with van der Waals surface area (Å²) in [5.74, 6) is 0. The van der Waals surface area contributed by atoms with Gasteiger partial charge < -0.3 is 10.4 Å². The molecule has 0 saturated heterocycles. The molecule has 0 aliphatic heterocycles. The maximum Gasteiger partial charge on any atom is 0.183 e. The second-order valence-corrected chi connectivity index (χ2v) is 6.40. The molecule has 0 unspecified atom stereocenters. The molecule has 0 radical (unpaired) electrons.